The second-order valence-corrected chi connectivity index (χ2v) is 5.99. The Kier molecular flexibility index (Phi) is 9.21. The Morgan fingerprint density at radius 3 is 2.70 bits per heavy atom. The number of halogens is 1. The number of rotatable bonds is 8. The molecule has 0 bridgehead atoms. The van der Waals surface area contributed by atoms with E-state index in [1.54, 1.807) is 11.8 Å². The zero-order valence-corrected chi connectivity index (χ0v) is 15.2. The molecular formula is C16H25ClN2O3S. The lowest BCUT2D eigenvalue weighted by Gasteiger charge is -2.13. The molecule has 2 N–H and O–H groups in total. The molecule has 0 radical (unpaired) electrons. The van der Waals surface area contributed by atoms with E-state index in [2.05, 4.69) is 10.6 Å². The van der Waals surface area contributed by atoms with Crippen molar-refractivity contribution < 1.29 is 14.3 Å². The summed E-state index contributed by atoms with van der Waals surface area (Å²) in [4.78, 5) is 11.9. The van der Waals surface area contributed by atoms with E-state index in [1.807, 2.05) is 32.0 Å². The van der Waals surface area contributed by atoms with Crippen molar-refractivity contribution in [3.05, 3.63) is 23.8 Å². The summed E-state index contributed by atoms with van der Waals surface area (Å²) in [5.41, 5.74) is 1.13. The van der Waals surface area contributed by atoms with Crippen LogP contribution >= 0.6 is 24.2 Å². The average molecular weight is 361 g/mol. The first-order chi connectivity index (χ1) is 10.7. The fourth-order valence-corrected chi connectivity index (χ4v) is 3.21. The molecule has 1 atom stereocenters. The molecule has 1 amide bonds. The van der Waals surface area contributed by atoms with Crippen LogP contribution in [0.15, 0.2) is 18.2 Å². The molecule has 0 spiro atoms. The maximum Gasteiger partial charge on any atom is 0.238 e. The maximum atomic E-state index is 11.9. The Labute approximate surface area is 148 Å². The molecule has 23 heavy (non-hydrogen) atoms. The van der Waals surface area contributed by atoms with E-state index in [0.29, 0.717) is 19.8 Å². The molecule has 7 heteroatoms. The number of hydrogen-bond acceptors (Lipinski definition) is 5. The second-order valence-electron chi connectivity index (χ2n) is 4.96. The van der Waals surface area contributed by atoms with Crippen molar-refractivity contribution in [2.45, 2.75) is 26.3 Å². The number of carbonyl (C=O) groups is 1. The van der Waals surface area contributed by atoms with E-state index >= 15 is 0 Å². The van der Waals surface area contributed by atoms with Crippen LogP contribution in [-0.4, -0.2) is 43.3 Å². The fraction of sp³-hybridized carbons (Fsp3) is 0.562. The van der Waals surface area contributed by atoms with E-state index in [4.69, 9.17) is 9.47 Å². The monoisotopic (exact) mass is 360 g/mol. The van der Waals surface area contributed by atoms with Crippen molar-refractivity contribution in [3.63, 3.8) is 0 Å². The third kappa shape index (κ3) is 6.12. The van der Waals surface area contributed by atoms with Crippen LogP contribution in [0.1, 0.15) is 19.4 Å². The zero-order chi connectivity index (χ0) is 15.8. The molecule has 0 aromatic heterocycles. The van der Waals surface area contributed by atoms with Crippen molar-refractivity contribution in [1.29, 1.82) is 0 Å². The summed E-state index contributed by atoms with van der Waals surface area (Å²) in [6.07, 6.45) is 0.776. The van der Waals surface area contributed by atoms with Gasteiger partial charge < -0.3 is 14.8 Å². The van der Waals surface area contributed by atoms with Crippen LogP contribution < -0.4 is 20.1 Å². The highest BCUT2D eigenvalue weighted by molar-refractivity contribution is 7.99. The van der Waals surface area contributed by atoms with E-state index in [0.717, 1.165) is 35.1 Å². The van der Waals surface area contributed by atoms with Crippen molar-refractivity contribution in [2.24, 2.45) is 0 Å². The van der Waals surface area contributed by atoms with Crippen molar-refractivity contribution >= 4 is 30.1 Å². The smallest absolute Gasteiger partial charge is 0.238 e. The molecule has 5 nitrogen and oxygen atoms in total. The van der Waals surface area contributed by atoms with Gasteiger partial charge in [-0.2, -0.15) is 0 Å². The van der Waals surface area contributed by atoms with Gasteiger partial charge in [0, 0.05) is 18.2 Å². The Morgan fingerprint density at radius 1 is 1.30 bits per heavy atom. The minimum Gasteiger partial charge on any atom is -0.490 e. The highest BCUT2D eigenvalue weighted by atomic mass is 35.5. The van der Waals surface area contributed by atoms with Gasteiger partial charge in [0.2, 0.25) is 5.91 Å². The Balaban J connectivity index is 0.00000264. The molecule has 1 saturated heterocycles. The normalized spacial score (nSPS) is 16.5. The average Bonchev–Trinajstić information content (AvgIpc) is 3.04. The molecule has 1 aliphatic rings. The first kappa shape index (κ1) is 19.9. The maximum absolute atomic E-state index is 11.9. The van der Waals surface area contributed by atoms with Crippen LogP contribution in [0, 0.1) is 0 Å². The summed E-state index contributed by atoms with van der Waals surface area (Å²) in [6, 6.07) is 5.89. The molecule has 1 heterocycles. The zero-order valence-electron chi connectivity index (χ0n) is 13.6. The highest BCUT2D eigenvalue weighted by Crippen LogP contribution is 2.28. The summed E-state index contributed by atoms with van der Waals surface area (Å²) in [5, 5.41) is 6.14. The first-order valence-corrected chi connectivity index (χ1v) is 8.87. The summed E-state index contributed by atoms with van der Waals surface area (Å²) < 4.78 is 11.2. The van der Waals surface area contributed by atoms with E-state index in [-0.39, 0.29) is 24.4 Å². The van der Waals surface area contributed by atoms with Gasteiger partial charge in [0.25, 0.3) is 0 Å². The lowest BCUT2D eigenvalue weighted by molar-refractivity contribution is -0.122. The number of nitrogens with one attached hydrogen (secondary N) is 2. The van der Waals surface area contributed by atoms with Crippen LogP contribution in [0.25, 0.3) is 0 Å². The van der Waals surface area contributed by atoms with Gasteiger partial charge in [0.15, 0.2) is 11.5 Å². The Bertz CT molecular complexity index is 496. The summed E-state index contributed by atoms with van der Waals surface area (Å²) >= 11 is 1.75. The van der Waals surface area contributed by atoms with E-state index in [1.165, 1.54) is 0 Å². The summed E-state index contributed by atoms with van der Waals surface area (Å²) in [5.74, 6) is 3.32. The quantitative estimate of drug-likeness (QED) is 0.744. The van der Waals surface area contributed by atoms with Crippen molar-refractivity contribution in [1.82, 2.24) is 10.6 Å². The highest BCUT2D eigenvalue weighted by Gasteiger charge is 2.21. The third-order valence-corrected chi connectivity index (χ3v) is 4.29. The number of thioether (sulfide) groups is 1. The molecule has 1 aliphatic heterocycles. The molecule has 2 rings (SSSR count). The van der Waals surface area contributed by atoms with Crippen LogP contribution in [0.3, 0.4) is 0 Å². The van der Waals surface area contributed by atoms with Crippen molar-refractivity contribution in [2.75, 3.05) is 31.4 Å². The third-order valence-electron chi connectivity index (χ3n) is 3.35. The predicted octanol–water partition coefficient (Wildman–Crippen LogP) is 2.23. The van der Waals surface area contributed by atoms with Gasteiger partial charge in [0.05, 0.1) is 19.3 Å². The number of hydrogen-bond donors (Lipinski definition) is 2. The molecule has 130 valence electrons. The van der Waals surface area contributed by atoms with E-state index < -0.39 is 0 Å². The van der Waals surface area contributed by atoms with Gasteiger partial charge in [0.1, 0.15) is 0 Å². The van der Waals surface area contributed by atoms with Crippen LogP contribution in [0.2, 0.25) is 0 Å². The molecule has 1 aromatic carbocycles. The van der Waals surface area contributed by atoms with Gasteiger partial charge in [-0.15, -0.1) is 24.2 Å². The van der Waals surface area contributed by atoms with Crippen LogP contribution in [-0.2, 0) is 11.2 Å². The largest absolute Gasteiger partial charge is 0.490 e. The van der Waals surface area contributed by atoms with Gasteiger partial charge in [-0.3, -0.25) is 10.1 Å². The summed E-state index contributed by atoms with van der Waals surface area (Å²) in [7, 11) is 0. The molecule has 1 aromatic rings. The minimum absolute atomic E-state index is 0. The Hall–Kier alpha value is -1.11. The van der Waals surface area contributed by atoms with E-state index in [9.17, 15) is 4.79 Å². The minimum atomic E-state index is -0.0516. The van der Waals surface area contributed by atoms with Gasteiger partial charge >= 0.3 is 0 Å². The fourth-order valence-electron chi connectivity index (χ4n) is 2.27. The molecule has 0 aliphatic carbocycles. The number of amides is 1. The molecule has 0 saturated carbocycles. The number of carbonyl (C=O) groups excluding carboxylic acids is 1. The Morgan fingerprint density at radius 2 is 2.04 bits per heavy atom. The van der Waals surface area contributed by atoms with Crippen LogP contribution in [0.5, 0.6) is 11.5 Å². The second kappa shape index (κ2) is 10.6. The molecule has 1 fully saturated rings. The summed E-state index contributed by atoms with van der Waals surface area (Å²) in [6.45, 7) is 5.75. The SMILES string of the molecule is CCOc1ccc(CCNC(=O)C2CSCN2)cc1OCC.Cl. The van der Waals surface area contributed by atoms with Crippen molar-refractivity contribution in [3.8, 4) is 11.5 Å². The van der Waals surface area contributed by atoms with Gasteiger partial charge in [-0.1, -0.05) is 6.07 Å². The number of ether oxygens (including phenoxy) is 2. The van der Waals surface area contributed by atoms with Crippen LogP contribution in [0.4, 0.5) is 0 Å². The standard InChI is InChI=1S/C16H24N2O3S.ClH/c1-3-20-14-6-5-12(9-15(14)21-4-2)7-8-17-16(19)13-10-22-11-18-13;/h5-6,9,13,18H,3-4,7-8,10-11H2,1-2H3,(H,17,19);1H. The van der Waals surface area contributed by atoms with Gasteiger partial charge in [-0.25, -0.2) is 0 Å². The topological polar surface area (TPSA) is 59.6 Å². The lowest BCUT2D eigenvalue weighted by atomic mass is 10.1. The molecular weight excluding hydrogens is 336 g/mol. The number of benzene rings is 1. The lowest BCUT2D eigenvalue weighted by Crippen LogP contribution is -2.42. The molecule has 1 unspecified atom stereocenters. The first-order valence-electron chi connectivity index (χ1n) is 7.72. The predicted molar refractivity (Wildman–Crippen MR) is 97.0 cm³/mol. The van der Waals surface area contributed by atoms with Gasteiger partial charge in [-0.05, 0) is 38.0 Å².